The number of hydrogen-bond acceptors (Lipinski definition) is 5. The molecule has 2 aliphatic rings. The number of rotatable bonds is 3. The zero-order valence-corrected chi connectivity index (χ0v) is 22.3. The van der Waals surface area contributed by atoms with Gasteiger partial charge in [0.25, 0.3) is 6.43 Å². The zero-order chi connectivity index (χ0) is 28.3. The second kappa shape index (κ2) is 12.0. The summed E-state index contributed by atoms with van der Waals surface area (Å²) in [6, 6.07) is 5.23. The number of carbonyl (C=O) groups is 2. The van der Waals surface area contributed by atoms with Crippen LogP contribution in [0.3, 0.4) is 0 Å². The number of nitrogens with two attached hydrogens (primary N) is 1. The number of fused-ring (bicyclic) bond motifs is 2. The molecule has 3 heterocycles. The van der Waals surface area contributed by atoms with E-state index in [0.29, 0.717) is 41.9 Å². The Morgan fingerprint density at radius 2 is 2.03 bits per heavy atom. The number of halogens is 4. The van der Waals surface area contributed by atoms with Crippen molar-refractivity contribution in [3.05, 3.63) is 81.7 Å². The minimum atomic E-state index is -2.93. The third-order valence-corrected chi connectivity index (χ3v) is 7.42. The Morgan fingerprint density at radius 3 is 2.69 bits per heavy atom. The highest BCUT2D eigenvalue weighted by Gasteiger charge is 2.32. The van der Waals surface area contributed by atoms with Gasteiger partial charge in [0, 0.05) is 54.7 Å². The summed E-state index contributed by atoms with van der Waals surface area (Å²) in [7, 11) is 1.58. The zero-order valence-electron chi connectivity index (χ0n) is 21.6. The molecule has 2 aromatic rings. The Hall–Kier alpha value is -3.66. The van der Waals surface area contributed by atoms with Gasteiger partial charge in [-0.1, -0.05) is 31.0 Å². The fraction of sp³-hybridized carbons (Fsp3) is 0.357. The number of aromatic nitrogens is 1. The Morgan fingerprint density at radius 1 is 1.26 bits per heavy atom. The maximum absolute atomic E-state index is 14.9. The number of nitrogens with zero attached hydrogens (tertiary/aromatic N) is 3. The molecule has 7 nitrogen and oxygen atoms in total. The lowest BCUT2D eigenvalue weighted by atomic mass is 9.91. The van der Waals surface area contributed by atoms with Crippen molar-refractivity contribution in [3.8, 4) is 0 Å². The van der Waals surface area contributed by atoms with E-state index in [1.54, 1.807) is 30.3 Å². The van der Waals surface area contributed by atoms with Crippen LogP contribution in [0.1, 0.15) is 67.5 Å². The Balaban J connectivity index is 1.74. The summed E-state index contributed by atoms with van der Waals surface area (Å²) in [5, 5.41) is 2.56. The molecule has 11 heteroatoms. The molecule has 2 unspecified atom stereocenters. The molecule has 1 aromatic carbocycles. The molecular weight excluding hydrogens is 531 g/mol. The van der Waals surface area contributed by atoms with Crippen molar-refractivity contribution >= 4 is 34.7 Å². The standard InChI is InChI=1S/C28H29ClF3N5O2/c1-15-4-3-5-22(20-12-17(8-10-35-20)26(34-2)21(14-33)36-28(15)39)37-11-9-16(13-23(37)38)24-18(27(31)32)6-7-19(29)25(24)30/h6-8,10,12-15,22,27H,3-5,9,11,33H2,1-2H3,(H,36,39). The second-order valence-electron chi connectivity index (χ2n) is 9.54. The molecule has 4 rings (SSSR count). The largest absolute Gasteiger partial charge is 0.403 e. The van der Waals surface area contributed by atoms with E-state index >= 15 is 0 Å². The van der Waals surface area contributed by atoms with E-state index in [4.69, 9.17) is 17.3 Å². The lowest BCUT2D eigenvalue weighted by Crippen LogP contribution is -2.38. The number of pyridine rings is 1. The number of amides is 2. The number of benzene rings is 1. The van der Waals surface area contributed by atoms with Gasteiger partial charge >= 0.3 is 0 Å². The molecule has 0 spiro atoms. The Labute approximate surface area is 229 Å². The van der Waals surface area contributed by atoms with Gasteiger partial charge < -0.3 is 16.0 Å². The van der Waals surface area contributed by atoms with Crippen LogP contribution in [0.15, 0.2) is 53.4 Å². The van der Waals surface area contributed by atoms with Gasteiger partial charge in [0.2, 0.25) is 11.8 Å². The maximum atomic E-state index is 14.9. The molecule has 39 heavy (non-hydrogen) atoms. The van der Waals surface area contributed by atoms with Crippen molar-refractivity contribution in [1.29, 1.82) is 0 Å². The van der Waals surface area contributed by atoms with Crippen LogP contribution in [-0.2, 0) is 9.59 Å². The highest BCUT2D eigenvalue weighted by Crippen LogP contribution is 2.38. The first-order chi connectivity index (χ1) is 18.7. The topological polar surface area (TPSA) is 101 Å². The van der Waals surface area contributed by atoms with Crippen LogP contribution in [0.5, 0.6) is 0 Å². The summed E-state index contributed by atoms with van der Waals surface area (Å²) < 4.78 is 42.2. The lowest BCUT2D eigenvalue weighted by Gasteiger charge is -2.35. The summed E-state index contributed by atoms with van der Waals surface area (Å²) in [6.45, 7) is 1.97. The van der Waals surface area contributed by atoms with Crippen molar-refractivity contribution in [1.82, 2.24) is 15.2 Å². The third-order valence-electron chi connectivity index (χ3n) is 7.12. The molecule has 2 amide bonds. The van der Waals surface area contributed by atoms with Crippen molar-refractivity contribution in [3.63, 3.8) is 0 Å². The van der Waals surface area contributed by atoms with Gasteiger partial charge in [-0.2, -0.15) is 0 Å². The van der Waals surface area contributed by atoms with Gasteiger partial charge in [-0.25, -0.2) is 13.2 Å². The molecule has 0 saturated carbocycles. The molecule has 2 aliphatic heterocycles. The highest BCUT2D eigenvalue weighted by molar-refractivity contribution is 6.31. The SMILES string of the molecule is CN=C1C(=CN)NC(=O)C(C)CCCC(N2CCC(c3c(C(F)F)ccc(Cl)c3F)=CC2=O)c2cc1ccn2. The van der Waals surface area contributed by atoms with Crippen LogP contribution < -0.4 is 11.1 Å². The molecule has 0 fully saturated rings. The Bertz CT molecular complexity index is 1370. The molecule has 206 valence electrons. The van der Waals surface area contributed by atoms with Gasteiger partial charge in [-0.3, -0.25) is 19.6 Å². The van der Waals surface area contributed by atoms with Gasteiger partial charge in [0.15, 0.2) is 0 Å². The first-order valence-electron chi connectivity index (χ1n) is 12.6. The molecule has 2 bridgehead atoms. The summed E-state index contributed by atoms with van der Waals surface area (Å²) in [5.74, 6) is -1.94. The molecule has 2 atom stereocenters. The first kappa shape index (κ1) is 28.4. The average Bonchev–Trinajstić information content (AvgIpc) is 2.92. The van der Waals surface area contributed by atoms with E-state index < -0.39 is 29.8 Å². The van der Waals surface area contributed by atoms with Gasteiger partial charge in [-0.15, -0.1) is 0 Å². The van der Waals surface area contributed by atoms with Crippen LogP contribution in [0.4, 0.5) is 13.2 Å². The summed E-state index contributed by atoms with van der Waals surface area (Å²) in [4.78, 5) is 36.7. The van der Waals surface area contributed by atoms with Crippen molar-refractivity contribution < 1.29 is 22.8 Å². The summed E-state index contributed by atoms with van der Waals surface area (Å²) in [6.07, 6.45) is 2.98. The van der Waals surface area contributed by atoms with Gasteiger partial charge in [0.05, 0.1) is 28.2 Å². The molecule has 3 N–H and O–H groups in total. The smallest absolute Gasteiger partial charge is 0.264 e. The fourth-order valence-corrected chi connectivity index (χ4v) is 5.22. The number of hydrogen-bond donors (Lipinski definition) is 2. The number of alkyl halides is 2. The van der Waals surface area contributed by atoms with E-state index in [1.165, 1.54) is 12.3 Å². The normalized spacial score (nSPS) is 22.9. The predicted molar refractivity (Wildman–Crippen MR) is 144 cm³/mol. The quantitative estimate of drug-likeness (QED) is 0.531. The minimum Gasteiger partial charge on any atom is -0.403 e. The average molecular weight is 560 g/mol. The molecule has 0 aliphatic carbocycles. The van der Waals surface area contributed by atoms with Crippen LogP contribution >= 0.6 is 11.6 Å². The van der Waals surface area contributed by atoms with Crippen LogP contribution in [0.25, 0.3) is 5.57 Å². The van der Waals surface area contributed by atoms with Crippen LogP contribution in [-0.4, -0.2) is 41.0 Å². The van der Waals surface area contributed by atoms with E-state index in [0.717, 1.165) is 12.1 Å². The summed E-state index contributed by atoms with van der Waals surface area (Å²) >= 11 is 5.89. The first-order valence-corrected chi connectivity index (χ1v) is 13.0. The maximum Gasteiger partial charge on any atom is 0.264 e. The van der Waals surface area contributed by atoms with Crippen molar-refractivity contribution in [2.75, 3.05) is 13.6 Å². The monoisotopic (exact) mass is 559 g/mol. The molecular formula is C28H29ClF3N5O2. The number of aliphatic imine (C=N–C) groups is 1. The fourth-order valence-electron chi connectivity index (χ4n) is 5.07. The minimum absolute atomic E-state index is 0.152. The number of nitrogens with one attached hydrogen (secondary N) is 1. The lowest BCUT2D eigenvalue weighted by molar-refractivity contribution is -0.129. The third kappa shape index (κ3) is 5.85. The van der Waals surface area contributed by atoms with Crippen molar-refractivity contribution in [2.45, 2.75) is 45.1 Å². The van der Waals surface area contributed by atoms with E-state index in [9.17, 15) is 22.8 Å². The second-order valence-corrected chi connectivity index (χ2v) is 9.94. The van der Waals surface area contributed by atoms with E-state index in [1.807, 2.05) is 6.92 Å². The molecule has 0 radical (unpaired) electrons. The van der Waals surface area contributed by atoms with Gasteiger partial charge in [0.1, 0.15) is 5.82 Å². The highest BCUT2D eigenvalue weighted by atomic mass is 35.5. The van der Waals surface area contributed by atoms with E-state index in [-0.39, 0.29) is 40.9 Å². The van der Waals surface area contributed by atoms with Crippen LogP contribution in [0, 0.1) is 11.7 Å². The van der Waals surface area contributed by atoms with Crippen LogP contribution in [0.2, 0.25) is 5.02 Å². The predicted octanol–water partition coefficient (Wildman–Crippen LogP) is 5.32. The molecule has 1 aromatic heterocycles. The van der Waals surface area contributed by atoms with E-state index in [2.05, 4.69) is 15.3 Å². The number of carbonyl (C=O) groups excluding carboxylic acids is 2. The van der Waals surface area contributed by atoms with Crippen molar-refractivity contribution in [2.24, 2.45) is 16.6 Å². The summed E-state index contributed by atoms with van der Waals surface area (Å²) in [5.41, 5.74) is 7.25. The van der Waals surface area contributed by atoms with Gasteiger partial charge in [-0.05, 0) is 43.0 Å². The molecule has 0 saturated heterocycles. The Kier molecular flexibility index (Phi) is 8.74. The number of allylic oxidation sites excluding steroid dienone is 1.